The monoisotopic (exact) mass is 356 g/mol. The molecule has 4 rings (SSSR count). The molecule has 1 amide bonds. The van der Waals surface area contributed by atoms with Crippen molar-refractivity contribution in [3.8, 4) is 5.69 Å². The molecule has 2 aromatic heterocycles. The van der Waals surface area contributed by atoms with E-state index in [1.165, 1.54) is 0 Å². The van der Waals surface area contributed by atoms with Crippen molar-refractivity contribution in [2.24, 2.45) is 0 Å². The number of carbonyl (C=O) groups is 1. The van der Waals surface area contributed by atoms with Crippen LogP contribution in [0, 0.1) is 0 Å². The Labute approximate surface area is 149 Å². The summed E-state index contributed by atoms with van der Waals surface area (Å²) in [7, 11) is 0. The minimum atomic E-state index is -0.0522. The van der Waals surface area contributed by atoms with Crippen LogP contribution in [-0.2, 0) is 0 Å². The second kappa shape index (κ2) is 6.70. The zero-order chi connectivity index (χ0) is 17.2. The minimum absolute atomic E-state index is 0.0500. The smallest absolute Gasteiger partial charge is 0.257 e. The van der Waals surface area contributed by atoms with E-state index in [1.54, 1.807) is 29.3 Å². The third kappa shape index (κ3) is 3.04. The molecule has 0 spiro atoms. The predicted octanol–water partition coefficient (Wildman–Crippen LogP) is 2.04. The van der Waals surface area contributed by atoms with E-state index in [0.717, 1.165) is 17.8 Å². The second-order valence-electron chi connectivity index (χ2n) is 5.88. The number of aromatic nitrogens is 4. The largest absolute Gasteiger partial charge is 0.329 e. The molecule has 128 valence electrons. The van der Waals surface area contributed by atoms with Gasteiger partial charge in [0.2, 0.25) is 0 Å². The molecule has 1 aromatic carbocycles. The van der Waals surface area contributed by atoms with Crippen LogP contribution < -0.4 is 5.32 Å². The number of hydrogen-bond acceptors (Lipinski definition) is 4. The number of piperazine rings is 1. The van der Waals surface area contributed by atoms with Crippen LogP contribution in [0.1, 0.15) is 22.0 Å². The highest BCUT2D eigenvalue weighted by atomic mass is 35.5. The Bertz CT molecular complexity index is 875. The van der Waals surface area contributed by atoms with Gasteiger partial charge in [0.1, 0.15) is 0 Å². The zero-order valence-electron chi connectivity index (χ0n) is 13.4. The molecular weight excluding hydrogens is 340 g/mol. The lowest BCUT2D eigenvalue weighted by molar-refractivity contribution is 0.0634. The average molecular weight is 357 g/mol. The number of carbonyl (C=O) groups excluding carboxylic acids is 1. The lowest BCUT2D eigenvalue weighted by Gasteiger charge is -2.35. The van der Waals surface area contributed by atoms with E-state index in [-0.39, 0.29) is 11.9 Å². The van der Waals surface area contributed by atoms with Crippen molar-refractivity contribution < 1.29 is 4.79 Å². The third-order valence-electron chi connectivity index (χ3n) is 4.34. The van der Waals surface area contributed by atoms with E-state index in [0.29, 0.717) is 23.7 Å². The molecule has 25 heavy (non-hydrogen) atoms. The van der Waals surface area contributed by atoms with Gasteiger partial charge in [-0.25, -0.2) is 4.68 Å². The number of nitrogens with one attached hydrogen (secondary N) is 2. The first kappa shape index (κ1) is 15.9. The first-order chi connectivity index (χ1) is 12.2. The van der Waals surface area contributed by atoms with E-state index in [1.807, 2.05) is 29.3 Å². The number of para-hydroxylation sites is 1. The Kier molecular flexibility index (Phi) is 4.25. The Morgan fingerprint density at radius 1 is 1.28 bits per heavy atom. The lowest BCUT2D eigenvalue weighted by Crippen LogP contribution is -2.48. The van der Waals surface area contributed by atoms with Gasteiger partial charge < -0.3 is 10.2 Å². The van der Waals surface area contributed by atoms with Gasteiger partial charge in [-0.15, -0.1) is 0 Å². The van der Waals surface area contributed by atoms with Crippen molar-refractivity contribution >= 4 is 17.5 Å². The number of halogens is 1. The Morgan fingerprint density at radius 2 is 2.16 bits per heavy atom. The quantitative estimate of drug-likeness (QED) is 0.752. The summed E-state index contributed by atoms with van der Waals surface area (Å²) in [6, 6.07) is 7.35. The van der Waals surface area contributed by atoms with Gasteiger partial charge in [-0.05, 0) is 12.1 Å². The number of aromatic amines is 1. The van der Waals surface area contributed by atoms with Crippen LogP contribution in [-0.4, -0.2) is 50.4 Å². The topological polar surface area (TPSA) is 78.8 Å². The minimum Gasteiger partial charge on any atom is -0.329 e. The van der Waals surface area contributed by atoms with Crippen molar-refractivity contribution in [2.45, 2.75) is 6.04 Å². The molecule has 1 aliphatic heterocycles. The van der Waals surface area contributed by atoms with Gasteiger partial charge >= 0.3 is 0 Å². The summed E-state index contributed by atoms with van der Waals surface area (Å²) in [5.41, 5.74) is 2.27. The fraction of sp³-hybridized carbons (Fsp3) is 0.235. The highest BCUT2D eigenvalue weighted by Gasteiger charge is 2.29. The van der Waals surface area contributed by atoms with E-state index in [2.05, 4.69) is 20.6 Å². The summed E-state index contributed by atoms with van der Waals surface area (Å²) in [6.45, 7) is 2.09. The van der Waals surface area contributed by atoms with Crippen molar-refractivity contribution in [2.75, 3.05) is 19.6 Å². The van der Waals surface area contributed by atoms with Gasteiger partial charge in [-0.3, -0.25) is 9.89 Å². The van der Waals surface area contributed by atoms with Crippen LogP contribution in [0.3, 0.4) is 0 Å². The van der Waals surface area contributed by atoms with Crippen molar-refractivity contribution in [1.29, 1.82) is 0 Å². The van der Waals surface area contributed by atoms with Crippen LogP contribution in [0.4, 0.5) is 0 Å². The third-order valence-corrected chi connectivity index (χ3v) is 4.66. The summed E-state index contributed by atoms with van der Waals surface area (Å²) in [6.07, 6.45) is 6.88. The highest BCUT2D eigenvalue weighted by Crippen LogP contribution is 2.24. The average Bonchev–Trinajstić information content (AvgIpc) is 3.34. The van der Waals surface area contributed by atoms with Crippen molar-refractivity contribution in [3.05, 3.63) is 65.2 Å². The van der Waals surface area contributed by atoms with Crippen LogP contribution in [0.5, 0.6) is 0 Å². The van der Waals surface area contributed by atoms with Gasteiger partial charge in [0.05, 0.1) is 34.7 Å². The second-order valence-corrected chi connectivity index (χ2v) is 6.28. The summed E-state index contributed by atoms with van der Waals surface area (Å²) < 4.78 is 1.63. The molecule has 1 aliphatic rings. The van der Waals surface area contributed by atoms with E-state index >= 15 is 0 Å². The lowest BCUT2D eigenvalue weighted by atomic mass is 10.1. The summed E-state index contributed by atoms with van der Waals surface area (Å²) in [5, 5.41) is 15.0. The number of hydrogen-bond donors (Lipinski definition) is 2. The van der Waals surface area contributed by atoms with Crippen molar-refractivity contribution in [1.82, 2.24) is 30.2 Å². The molecule has 0 radical (unpaired) electrons. The number of H-pyrrole nitrogens is 1. The van der Waals surface area contributed by atoms with Gasteiger partial charge in [-0.2, -0.15) is 10.2 Å². The highest BCUT2D eigenvalue weighted by molar-refractivity contribution is 6.32. The Hall–Kier alpha value is -2.64. The SMILES string of the molecule is O=C(c1cnn(-c2ccccc2Cl)c1)N1CCNCC1c1cn[nH]c1. The molecule has 7 nitrogen and oxygen atoms in total. The van der Waals surface area contributed by atoms with Crippen LogP contribution in [0.25, 0.3) is 5.69 Å². The maximum Gasteiger partial charge on any atom is 0.257 e. The molecule has 2 N–H and O–H groups in total. The van der Waals surface area contributed by atoms with Crippen LogP contribution in [0.15, 0.2) is 49.1 Å². The summed E-state index contributed by atoms with van der Waals surface area (Å²) in [5.74, 6) is -0.0500. The fourth-order valence-corrected chi connectivity index (χ4v) is 3.28. The van der Waals surface area contributed by atoms with Gasteiger partial charge in [-0.1, -0.05) is 23.7 Å². The first-order valence-electron chi connectivity index (χ1n) is 8.04. The number of amides is 1. The maximum atomic E-state index is 13.0. The molecule has 0 saturated carbocycles. The Balaban J connectivity index is 1.61. The van der Waals surface area contributed by atoms with Gasteiger partial charge in [0.15, 0.2) is 0 Å². The van der Waals surface area contributed by atoms with E-state index in [9.17, 15) is 4.79 Å². The van der Waals surface area contributed by atoms with Crippen LogP contribution >= 0.6 is 11.6 Å². The van der Waals surface area contributed by atoms with Gasteiger partial charge in [0.25, 0.3) is 5.91 Å². The van der Waals surface area contributed by atoms with Crippen LogP contribution in [0.2, 0.25) is 5.02 Å². The molecule has 1 atom stereocenters. The first-order valence-corrected chi connectivity index (χ1v) is 8.42. The summed E-state index contributed by atoms with van der Waals surface area (Å²) >= 11 is 6.21. The molecule has 0 aliphatic carbocycles. The molecule has 0 bridgehead atoms. The molecule has 8 heteroatoms. The Morgan fingerprint density at radius 3 is 2.96 bits per heavy atom. The maximum absolute atomic E-state index is 13.0. The van der Waals surface area contributed by atoms with E-state index < -0.39 is 0 Å². The standard InChI is InChI=1S/C17H17ClN6O/c18-14-3-1-2-4-15(14)24-11-13(9-22-24)17(25)23-6-5-19-10-16(23)12-7-20-21-8-12/h1-4,7-9,11,16,19H,5-6,10H2,(H,20,21). The number of benzene rings is 1. The molecule has 1 saturated heterocycles. The van der Waals surface area contributed by atoms with E-state index in [4.69, 9.17) is 11.6 Å². The summed E-state index contributed by atoms with van der Waals surface area (Å²) in [4.78, 5) is 14.9. The molecule has 3 aromatic rings. The van der Waals surface area contributed by atoms with Crippen molar-refractivity contribution in [3.63, 3.8) is 0 Å². The normalized spacial score (nSPS) is 17.6. The predicted molar refractivity (Wildman–Crippen MR) is 93.8 cm³/mol. The molecule has 1 unspecified atom stereocenters. The molecule has 1 fully saturated rings. The number of rotatable bonds is 3. The molecular formula is C17H17ClN6O. The van der Waals surface area contributed by atoms with Gasteiger partial charge in [0, 0.05) is 37.6 Å². The molecule has 3 heterocycles. The zero-order valence-corrected chi connectivity index (χ0v) is 14.1. The number of nitrogens with zero attached hydrogens (tertiary/aromatic N) is 4. The fourth-order valence-electron chi connectivity index (χ4n) is 3.06.